The molecule has 4 aromatic rings. The van der Waals surface area contributed by atoms with Crippen LogP contribution in [-0.2, 0) is 6.54 Å². The highest BCUT2D eigenvalue weighted by Gasteiger charge is 2.43. The summed E-state index contributed by atoms with van der Waals surface area (Å²) in [5, 5.41) is 0.786. The van der Waals surface area contributed by atoms with Crippen molar-refractivity contribution in [1.82, 2.24) is 4.90 Å². The number of halogens is 1. The van der Waals surface area contributed by atoms with Crippen LogP contribution >= 0.6 is 11.6 Å². The van der Waals surface area contributed by atoms with Crippen LogP contribution < -0.4 is 14.9 Å². The predicted molar refractivity (Wildman–Crippen MR) is 141 cm³/mol. The van der Waals surface area contributed by atoms with Crippen LogP contribution in [0.25, 0.3) is 11.0 Å². The molecule has 2 aromatic carbocycles. The third-order valence-electron chi connectivity index (χ3n) is 6.66. The molecule has 0 radical (unpaired) electrons. The molecule has 37 heavy (non-hydrogen) atoms. The van der Waals surface area contributed by atoms with E-state index in [0.717, 1.165) is 24.8 Å². The molecule has 0 N–H and O–H groups in total. The quantitative estimate of drug-likeness (QED) is 0.229. The molecule has 0 saturated carbocycles. The summed E-state index contributed by atoms with van der Waals surface area (Å²) in [4.78, 5) is 29.0. The van der Waals surface area contributed by atoms with Crippen LogP contribution in [0.4, 0.5) is 0 Å². The molecule has 1 atom stereocenters. The average Bonchev–Trinajstić information content (AvgIpc) is 3.50. The Kier molecular flexibility index (Phi) is 6.98. The van der Waals surface area contributed by atoms with Crippen molar-refractivity contribution in [3.05, 3.63) is 92.2 Å². The van der Waals surface area contributed by atoms with Gasteiger partial charge in [0.25, 0.3) is 5.91 Å². The molecule has 0 saturated heterocycles. The fraction of sp³-hybridized carbons (Fsp3) is 0.310. The highest BCUT2D eigenvalue weighted by molar-refractivity contribution is 6.32. The third-order valence-corrected chi connectivity index (χ3v) is 7.07. The van der Waals surface area contributed by atoms with Gasteiger partial charge in [0.05, 0.1) is 43.5 Å². The minimum absolute atomic E-state index is 0.0228. The maximum Gasteiger partial charge on any atom is 0.291 e. The number of aryl methyl sites for hydroxylation is 1. The summed E-state index contributed by atoms with van der Waals surface area (Å²) in [7, 11) is 1.57. The lowest BCUT2D eigenvalue weighted by Gasteiger charge is -2.25. The van der Waals surface area contributed by atoms with Gasteiger partial charge in [-0.2, -0.15) is 0 Å². The molecule has 7 nitrogen and oxygen atoms in total. The molecule has 0 fully saturated rings. The molecule has 1 unspecified atom stereocenters. The third kappa shape index (κ3) is 4.60. The zero-order chi connectivity index (χ0) is 26.1. The molecular formula is C29H28ClNO6. The van der Waals surface area contributed by atoms with Gasteiger partial charge in [-0.25, -0.2) is 0 Å². The Morgan fingerprint density at radius 1 is 1.08 bits per heavy atom. The molecule has 2 aromatic heterocycles. The Morgan fingerprint density at radius 3 is 2.65 bits per heavy atom. The van der Waals surface area contributed by atoms with Gasteiger partial charge in [0.15, 0.2) is 16.9 Å². The van der Waals surface area contributed by atoms with Crippen LogP contribution in [0, 0.1) is 6.92 Å². The van der Waals surface area contributed by atoms with Gasteiger partial charge in [-0.3, -0.25) is 9.59 Å². The van der Waals surface area contributed by atoms with Gasteiger partial charge in [-0.15, -0.1) is 0 Å². The van der Waals surface area contributed by atoms with Crippen molar-refractivity contribution in [1.29, 1.82) is 0 Å². The Hall–Kier alpha value is -3.71. The van der Waals surface area contributed by atoms with E-state index in [2.05, 4.69) is 6.92 Å². The molecule has 8 heteroatoms. The van der Waals surface area contributed by atoms with Gasteiger partial charge in [0, 0.05) is 5.02 Å². The second-order valence-electron chi connectivity index (χ2n) is 9.15. The molecule has 1 amide bonds. The first kappa shape index (κ1) is 25.0. The number of amides is 1. The summed E-state index contributed by atoms with van der Waals surface area (Å²) >= 11 is 6.33. The van der Waals surface area contributed by atoms with Gasteiger partial charge in [-0.05, 0) is 60.9 Å². The van der Waals surface area contributed by atoms with Crippen molar-refractivity contribution in [3.8, 4) is 11.5 Å². The van der Waals surface area contributed by atoms with Crippen LogP contribution in [0.15, 0.2) is 62.4 Å². The molecule has 3 heterocycles. The van der Waals surface area contributed by atoms with Crippen molar-refractivity contribution in [2.75, 3.05) is 13.7 Å². The van der Waals surface area contributed by atoms with E-state index >= 15 is 0 Å². The van der Waals surface area contributed by atoms with Gasteiger partial charge in [0.1, 0.15) is 11.3 Å². The minimum atomic E-state index is -0.712. The van der Waals surface area contributed by atoms with E-state index in [4.69, 9.17) is 29.9 Å². The van der Waals surface area contributed by atoms with E-state index in [1.165, 1.54) is 0 Å². The van der Waals surface area contributed by atoms with Crippen molar-refractivity contribution in [2.45, 2.75) is 45.7 Å². The summed E-state index contributed by atoms with van der Waals surface area (Å²) in [5.74, 6) is 1.36. The summed E-state index contributed by atoms with van der Waals surface area (Å²) < 4.78 is 23.1. The van der Waals surface area contributed by atoms with Crippen molar-refractivity contribution < 1.29 is 23.1 Å². The number of furan rings is 1. The standard InChI is InChI=1S/C29H28ClNO6/c1-4-5-6-11-36-22-10-9-18(14-24(22)34-3)26-25-27(32)20-15-21(30)17(2)13-23(20)37-28(25)29(33)31(26)16-19-8-7-12-35-19/h7-10,12-15,26H,4-6,11,16H2,1-3H3. The average molecular weight is 522 g/mol. The molecule has 1 aliphatic rings. The molecule has 0 bridgehead atoms. The smallest absolute Gasteiger partial charge is 0.291 e. The first-order valence-electron chi connectivity index (χ1n) is 12.3. The lowest BCUT2D eigenvalue weighted by Crippen LogP contribution is -2.29. The molecule has 5 rings (SSSR count). The van der Waals surface area contributed by atoms with E-state index in [-0.39, 0.29) is 29.2 Å². The molecular weight excluding hydrogens is 494 g/mol. The van der Waals surface area contributed by atoms with Crippen molar-refractivity contribution in [2.24, 2.45) is 0 Å². The topological polar surface area (TPSA) is 82.1 Å². The number of hydrogen-bond acceptors (Lipinski definition) is 6. The Balaban J connectivity index is 1.63. The normalized spacial score (nSPS) is 14.9. The van der Waals surface area contributed by atoms with Crippen molar-refractivity contribution in [3.63, 3.8) is 0 Å². The van der Waals surface area contributed by atoms with Crippen LogP contribution in [0.3, 0.4) is 0 Å². The number of fused-ring (bicyclic) bond motifs is 2. The molecule has 0 aliphatic carbocycles. The number of benzene rings is 2. The van der Waals surface area contributed by atoms with E-state index in [1.54, 1.807) is 42.5 Å². The van der Waals surface area contributed by atoms with Gasteiger partial charge in [-0.1, -0.05) is 37.4 Å². The van der Waals surface area contributed by atoms with Gasteiger partial charge < -0.3 is 23.2 Å². The number of carbonyl (C=O) groups excluding carboxylic acids is 1. The van der Waals surface area contributed by atoms with E-state index in [9.17, 15) is 9.59 Å². The first-order valence-corrected chi connectivity index (χ1v) is 12.7. The number of ether oxygens (including phenoxy) is 2. The zero-order valence-corrected chi connectivity index (χ0v) is 21.8. The summed E-state index contributed by atoms with van der Waals surface area (Å²) in [6.07, 6.45) is 4.67. The number of methoxy groups -OCH3 is 1. The molecule has 192 valence electrons. The first-order chi connectivity index (χ1) is 17.9. The largest absolute Gasteiger partial charge is 0.493 e. The second-order valence-corrected chi connectivity index (χ2v) is 9.56. The lowest BCUT2D eigenvalue weighted by molar-refractivity contribution is 0.0701. The monoisotopic (exact) mass is 521 g/mol. The molecule has 1 aliphatic heterocycles. The zero-order valence-electron chi connectivity index (χ0n) is 21.0. The van der Waals surface area contributed by atoms with E-state index in [1.807, 2.05) is 25.1 Å². The summed E-state index contributed by atoms with van der Waals surface area (Å²) in [5.41, 5.74) is 1.75. The highest BCUT2D eigenvalue weighted by Crippen LogP contribution is 2.42. The van der Waals surface area contributed by atoms with Crippen LogP contribution in [0.1, 0.15) is 65.2 Å². The van der Waals surface area contributed by atoms with E-state index < -0.39 is 6.04 Å². The maximum atomic E-state index is 13.8. The predicted octanol–water partition coefficient (Wildman–Crippen LogP) is 6.67. The fourth-order valence-corrected chi connectivity index (χ4v) is 4.89. The maximum absolute atomic E-state index is 13.8. The number of nitrogens with zero attached hydrogens (tertiary/aromatic N) is 1. The molecule has 0 spiro atoms. The number of unbranched alkanes of at least 4 members (excludes halogenated alkanes) is 2. The summed E-state index contributed by atoms with van der Waals surface area (Å²) in [6, 6.07) is 11.6. The van der Waals surface area contributed by atoms with Crippen LogP contribution in [0.5, 0.6) is 11.5 Å². The van der Waals surface area contributed by atoms with Gasteiger partial charge >= 0.3 is 0 Å². The van der Waals surface area contributed by atoms with Crippen LogP contribution in [0.2, 0.25) is 5.02 Å². The minimum Gasteiger partial charge on any atom is -0.493 e. The van der Waals surface area contributed by atoms with E-state index in [0.29, 0.717) is 45.4 Å². The Labute approximate surface area is 219 Å². The Morgan fingerprint density at radius 2 is 1.92 bits per heavy atom. The summed E-state index contributed by atoms with van der Waals surface area (Å²) in [6.45, 7) is 4.70. The number of rotatable bonds is 9. The van der Waals surface area contributed by atoms with Crippen LogP contribution in [-0.4, -0.2) is 24.5 Å². The van der Waals surface area contributed by atoms with Crippen molar-refractivity contribution >= 4 is 28.5 Å². The van der Waals surface area contributed by atoms with Gasteiger partial charge in [0.2, 0.25) is 5.76 Å². The Bertz CT molecular complexity index is 1510. The number of carbonyl (C=O) groups is 1. The lowest BCUT2D eigenvalue weighted by atomic mass is 9.97. The highest BCUT2D eigenvalue weighted by atomic mass is 35.5. The SMILES string of the molecule is CCCCCOc1ccc(C2c3c(oc4cc(C)c(Cl)cc4c3=O)C(=O)N2Cc2ccco2)cc1OC. The fourth-order valence-electron chi connectivity index (χ4n) is 4.73. The number of hydrogen-bond donors (Lipinski definition) is 0. The second kappa shape index (κ2) is 10.3.